The van der Waals surface area contributed by atoms with Gasteiger partial charge in [0.2, 0.25) is 11.8 Å². The molecule has 4 rings (SSSR count). The van der Waals surface area contributed by atoms with E-state index in [9.17, 15) is 9.90 Å². The number of likely N-dealkylation sites (tertiary alicyclic amines) is 1. The molecule has 1 saturated heterocycles. The van der Waals surface area contributed by atoms with Gasteiger partial charge in [-0.3, -0.25) is 4.79 Å². The van der Waals surface area contributed by atoms with Crippen molar-refractivity contribution in [2.45, 2.75) is 57.6 Å². The lowest BCUT2D eigenvalue weighted by molar-refractivity contribution is 0.0696. The lowest BCUT2D eigenvalue weighted by Gasteiger charge is -2.22. The van der Waals surface area contributed by atoms with Crippen molar-refractivity contribution >= 4 is 17.2 Å². The summed E-state index contributed by atoms with van der Waals surface area (Å²) in [6.07, 6.45) is 4.95. The van der Waals surface area contributed by atoms with E-state index in [0.29, 0.717) is 31.2 Å². The molecule has 2 aromatic rings. The van der Waals surface area contributed by atoms with Crippen LogP contribution in [0.25, 0.3) is 0 Å². The minimum Gasteiger partial charge on any atom is -0.423 e. The first-order valence-corrected chi connectivity index (χ1v) is 9.46. The fraction of sp³-hybridized carbons (Fsp3) is 0.588. The average Bonchev–Trinajstić information content (AvgIpc) is 3.31. The van der Waals surface area contributed by atoms with Crippen molar-refractivity contribution in [3.63, 3.8) is 0 Å². The summed E-state index contributed by atoms with van der Waals surface area (Å²) < 4.78 is 5.65. The maximum Gasteiger partial charge on any atom is 0.255 e. The molecule has 2 atom stereocenters. The largest absolute Gasteiger partial charge is 0.423 e. The number of nitrogens with zero attached hydrogens (tertiary/aromatic N) is 3. The second kappa shape index (κ2) is 6.29. The number of thiophene rings is 1. The Kier molecular flexibility index (Phi) is 4.14. The SMILES string of the molecule is CCc1nnc([C@H]2C[C@@H](O)CN2C(=O)c2csc3c2CCCC3)o1. The normalized spacial score (nSPS) is 23.5. The third-order valence-corrected chi connectivity index (χ3v) is 5.99. The Hall–Kier alpha value is -1.73. The summed E-state index contributed by atoms with van der Waals surface area (Å²) in [5.41, 5.74) is 2.00. The number of aliphatic hydroxyl groups excluding tert-OH is 1. The van der Waals surface area contributed by atoms with Gasteiger partial charge in [-0.05, 0) is 31.2 Å². The monoisotopic (exact) mass is 347 g/mol. The zero-order valence-corrected chi connectivity index (χ0v) is 14.5. The molecule has 0 unspecified atom stereocenters. The van der Waals surface area contributed by atoms with Crippen LogP contribution in [-0.2, 0) is 19.3 Å². The van der Waals surface area contributed by atoms with Crippen LogP contribution in [0.15, 0.2) is 9.80 Å². The Bertz CT molecular complexity index is 754. The van der Waals surface area contributed by atoms with Crippen molar-refractivity contribution < 1.29 is 14.3 Å². The van der Waals surface area contributed by atoms with Gasteiger partial charge < -0.3 is 14.4 Å². The van der Waals surface area contributed by atoms with Crippen molar-refractivity contribution in [1.82, 2.24) is 15.1 Å². The first-order chi connectivity index (χ1) is 11.7. The van der Waals surface area contributed by atoms with Crippen LogP contribution in [0, 0.1) is 0 Å². The molecule has 0 aromatic carbocycles. The van der Waals surface area contributed by atoms with Gasteiger partial charge in [-0.15, -0.1) is 21.5 Å². The number of carbonyl (C=O) groups is 1. The molecule has 1 fully saturated rings. The van der Waals surface area contributed by atoms with E-state index in [1.165, 1.54) is 16.9 Å². The molecule has 1 amide bonds. The molecule has 0 bridgehead atoms. The van der Waals surface area contributed by atoms with Crippen LogP contribution in [0.1, 0.15) is 64.8 Å². The third-order valence-electron chi connectivity index (χ3n) is 4.90. The molecule has 1 aliphatic heterocycles. The van der Waals surface area contributed by atoms with Gasteiger partial charge in [0.15, 0.2) is 0 Å². The summed E-state index contributed by atoms with van der Waals surface area (Å²) >= 11 is 1.68. The van der Waals surface area contributed by atoms with Crippen LogP contribution in [-0.4, -0.2) is 38.8 Å². The van der Waals surface area contributed by atoms with Crippen LogP contribution >= 0.6 is 11.3 Å². The summed E-state index contributed by atoms with van der Waals surface area (Å²) in [5.74, 6) is 0.972. The summed E-state index contributed by atoms with van der Waals surface area (Å²) in [6, 6.07) is -0.334. The van der Waals surface area contributed by atoms with Gasteiger partial charge in [-0.1, -0.05) is 6.92 Å². The van der Waals surface area contributed by atoms with Gasteiger partial charge in [-0.2, -0.15) is 0 Å². The highest BCUT2D eigenvalue weighted by atomic mass is 32.1. The Labute approximate surface area is 144 Å². The number of aromatic nitrogens is 2. The van der Waals surface area contributed by atoms with Crippen LogP contribution < -0.4 is 0 Å². The molecule has 7 heteroatoms. The minimum absolute atomic E-state index is 0.0211. The molecule has 2 aliphatic rings. The Balaban J connectivity index is 1.63. The molecule has 128 valence electrons. The van der Waals surface area contributed by atoms with E-state index < -0.39 is 6.10 Å². The average molecular weight is 347 g/mol. The standard InChI is InChI=1S/C17H21N3O3S/c1-2-15-18-19-16(23-15)13-7-10(21)8-20(13)17(22)12-9-24-14-6-4-3-5-11(12)14/h9-10,13,21H,2-8H2,1H3/t10-,13-/m1/s1. The highest BCUT2D eigenvalue weighted by Gasteiger charge is 2.40. The van der Waals surface area contributed by atoms with Gasteiger partial charge in [0.1, 0.15) is 6.04 Å². The van der Waals surface area contributed by atoms with E-state index in [4.69, 9.17) is 4.42 Å². The predicted molar refractivity (Wildman–Crippen MR) is 89.0 cm³/mol. The lowest BCUT2D eigenvalue weighted by atomic mass is 9.95. The number of amides is 1. The van der Waals surface area contributed by atoms with Crippen LogP contribution in [0.4, 0.5) is 0 Å². The van der Waals surface area contributed by atoms with Crippen LogP contribution in [0.3, 0.4) is 0 Å². The molecule has 24 heavy (non-hydrogen) atoms. The van der Waals surface area contributed by atoms with Crippen LogP contribution in [0.2, 0.25) is 0 Å². The highest BCUT2D eigenvalue weighted by molar-refractivity contribution is 7.10. The topological polar surface area (TPSA) is 79.5 Å². The summed E-state index contributed by atoms with van der Waals surface area (Å²) in [5, 5.41) is 20.2. The third kappa shape index (κ3) is 2.65. The summed E-state index contributed by atoms with van der Waals surface area (Å²) in [6.45, 7) is 2.26. The molecular formula is C17H21N3O3S. The minimum atomic E-state index is -0.551. The summed E-state index contributed by atoms with van der Waals surface area (Å²) in [4.78, 5) is 16.2. The fourth-order valence-electron chi connectivity index (χ4n) is 3.64. The van der Waals surface area contributed by atoms with Crippen molar-refractivity contribution in [2.75, 3.05) is 6.54 Å². The second-order valence-electron chi connectivity index (χ2n) is 6.51. The maximum atomic E-state index is 13.1. The highest BCUT2D eigenvalue weighted by Crippen LogP contribution is 2.36. The lowest BCUT2D eigenvalue weighted by Crippen LogP contribution is -2.32. The maximum absolute atomic E-state index is 13.1. The predicted octanol–water partition coefficient (Wildman–Crippen LogP) is 2.52. The number of hydrogen-bond donors (Lipinski definition) is 1. The number of fused-ring (bicyclic) bond motifs is 1. The van der Waals surface area contributed by atoms with Gasteiger partial charge in [0.25, 0.3) is 5.91 Å². The van der Waals surface area contributed by atoms with Crippen molar-refractivity contribution in [2.24, 2.45) is 0 Å². The number of aryl methyl sites for hydroxylation is 2. The molecule has 3 heterocycles. The molecule has 1 N–H and O–H groups in total. The molecule has 1 aliphatic carbocycles. The van der Waals surface area contributed by atoms with Gasteiger partial charge >= 0.3 is 0 Å². The second-order valence-corrected chi connectivity index (χ2v) is 7.47. The molecule has 6 nitrogen and oxygen atoms in total. The number of rotatable bonds is 3. The molecule has 0 spiro atoms. The first kappa shape index (κ1) is 15.8. The molecular weight excluding hydrogens is 326 g/mol. The molecule has 0 saturated carbocycles. The van der Waals surface area contributed by atoms with E-state index in [0.717, 1.165) is 24.8 Å². The Morgan fingerprint density at radius 2 is 2.25 bits per heavy atom. The van der Waals surface area contributed by atoms with Crippen molar-refractivity contribution in [1.29, 1.82) is 0 Å². The number of carbonyl (C=O) groups excluding carboxylic acids is 1. The van der Waals surface area contributed by atoms with Gasteiger partial charge in [0, 0.05) is 29.6 Å². The zero-order chi connectivity index (χ0) is 16.7. The van der Waals surface area contributed by atoms with E-state index in [-0.39, 0.29) is 11.9 Å². The van der Waals surface area contributed by atoms with Gasteiger partial charge in [-0.25, -0.2) is 0 Å². The summed E-state index contributed by atoms with van der Waals surface area (Å²) in [7, 11) is 0. The Morgan fingerprint density at radius 3 is 3.04 bits per heavy atom. The molecule has 0 radical (unpaired) electrons. The number of hydrogen-bond acceptors (Lipinski definition) is 6. The van der Waals surface area contributed by atoms with Crippen molar-refractivity contribution in [3.8, 4) is 0 Å². The Morgan fingerprint density at radius 1 is 1.42 bits per heavy atom. The quantitative estimate of drug-likeness (QED) is 0.923. The zero-order valence-electron chi connectivity index (χ0n) is 13.7. The first-order valence-electron chi connectivity index (χ1n) is 8.58. The van der Waals surface area contributed by atoms with Crippen molar-refractivity contribution in [3.05, 3.63) is 33.2 Å². The fourth-order valence-corrected chi connectivity index (χ4v) is 4.76. The molecule has 2 aromatic heterocycles. The smallest absolute Gasteiger partial charge is 0.255 e. The van der Waals surface area contributed by atoms with E-state index in [1.807, 2.05) is 12.3 Å². The van der Waals surface area contributed by atoms with E-state index in [1.54, 1.807) is 16.2 Å². The number of aliphatic hydroxyl groups is 1. The van der Waals surface area contributed by atoms with E-state index in [2.05, 4.69) is 10.2 Å². The van der Waals surface area contributed by atoms with Gasteiger partial charge in [0.05, 0.1) is 11.7 Å². The number of β-amino-alcohol motifs (C(OH)–C–C–N with tert-alkyl or cyclic N) is 1. The van der Waals surface area contributed by atoms with Crippen LogP contribution in [0.5, 0.6) is 0 Å². The van der Waals surface area contributed by atoms with E-state index >= 15 is 0 Å².